The van der Waals surface area contributed by atoms with Gasteiger partial charge < -0.3 is 31.5 Å². The minimum atomic E-state index is -2.74. The van der Waals surface area contributed by atoms with Crippen LogP contribution in [0, 0.1) is 23.1 Å². The zero-order chi connectivity index (χ0) is 27.8. The number of aromatic hydroxyl groups is 1. The van der Waals surface area contributed by atoms with E-state index in [0.717, 1.165) is 6.07 Å². The lowest BCUT2D eigenvalue weighted by molar-refractivity contribution is -0.148. The number of ketones is 2. The third-order valence-corrected chi connectivity index (χ3v) is 7.48. The average Bonchev–Trinajstić information content (AvgIpc) is 2.76. The molecule has 0 aliphatic heterocycles. The smallest absolute Gasteiger partial charge is 0.255 e. The number of Topliss-reactive ketones (excluding diaryl/α,β-unsaturated/α-hetero) is 2. The minimum Gasteiger partial charge on any atom is -0.510 e. The Bertz CT molecular complexity index is 1290. The molecule has 200 valence electrons. The number of hydrogen-bond donors (Lipinski definition) is 6. The number of anilines is 1. The predicted molar refractivity (Wildman–Crippen MR) is 132 cm³/mol. The highest BCUT2D eigenvalue weighted by molar-refractivity contribution is 6.24. The molecule has 0 aromatic heterocycles. The number of phenolic OH excluding ortho intramolecular Hbond substituents is 1. The number of allylic oxidation sites excluding steroid dienone is 1. The van der Waals surface area contributed by atoms with E-state index in [1.807, 2.05) is 20.8 Å². The number of primary amides is 1. The van der Waals surface area contributed by atoms with Gasteiger partial charge in [-0.15, -0.1) is 0 Å². The van der Waals surface area contributed by atoms with E-state index in [1.165, 1.54) is 19.0 Å². The molecule has 3 aliphatic carbocycles. The van der Waals surface area contributed by atoms with Gasteiger partial charge in [0.25, 0.3) is 5.91 Å². The van der Waals surface area contributed by atoms with Gasteiger partial charge in [-0.2, -0.15) is 0 Å². The maximum atomic E-state index is 15.2. The molecule has 0 fully saturated rings. The van der Waals surface area contributed by atoms with E-state index in [9.17, 15) is 34.8 Å². The Hall–Kier alpha value is -3.44. The number of nitrogens with two attached hydrogens (primary N) is 1. The monoisotopic (exact) mass is 517 g/mol. The second-order valence-electron chi connectivity index (χ2n) is 11.5. The number of nitrogens with one attached hydrogen (secondary N) is 1. The molecule has 1 amide bonds. The van der Waals surface area contributed by atoms with Gasteiger partial charge >= 0.3 is 0 Å². The van der Waals surface area contributed by atoms with Crippen molar-refractivity contribution in [2.75, 3.05) is 26.0 Å². The van der Waals surface area contributed by atoms with Gasteiger partial charge in [0.2, 0.25) is 5.78 Å². The maximum absolute atomic E-state index is 15.2. The maximum Gasteiger partial charge on any atom is 0.255 e. The molecule has 0 radical (unpaired) electrons. The fourth-order valence-corrected chi connectivity index (χ4v) is 5.77. The lowest BCUT2D eigenvalue weighted by atomic mass is 9.58. The zero-order valence-electron chi connectivity index (χ0n) is 21.3. The Labute approximate surface area is 213 Å². The summed E-state index contributed by atoms with van der Waals surface area (Å²) >= 11 is 0. The number of amides is 1. The topological polar surface area (TPSA) is 173 Å². The van der Waals surface area contributed by atoms with Crippen molar-refractivity contribution in [1.29, 1.82) is 0 Å². The summed E-state index contributed by atoms with van der Waals surface area (Å²) in [4.78, 5) is 40.4. The number of aliphatic hydroxyl groups is 3. The quantitative estimate of drug-likeness (QED) is 0.257. The molecule has 37 heavy (non-hydrogen) atoms. The van der Waals surface area contributed by atoms with Gasteiger partial charge in [0.15, 0.2) is 11.4 Å². The Morgan fingerprint density at radius 1 is 1.24 bits per heavy atom. The van der Waals surface area contributed by atoms with Crippen LogP contribution in [0.1, 0.15) is 43.1 Å². The number of fused-ring (bicyclic) bond motifs is 3. The first-order chi connectivity index (χ1) is 17.0. The molecule has 0 heterocycles. The van der Waals surface area contributed by atoms with E-state index in [0.29, 0.717) is 6.54 Å². The third-order valence-electron chi connectivity index (χ3n) is 7.48. The van der Waals surface area contributed by atoms with Gasteiger partial charge in [0.05, 0.1) is 17.3 Å². The van der Waals surface area contributed by atoms with Crippen LogP contribution in [-0.2, 0) is 16.0 Å². The summed E-state index contributed by atoms with van der Waals surface area (Å²) in [5.74, 6) is -8.41. The Morgan fingerprint density at radius 2 is 1.86 bits per heavy atom. The number of halogens is 1. The van der Waals surface area contributed by atoms with Gasteiger partial charge in [0, 0.05) is 29.7 Å². The van der Waals surface area contributed by atoms with Crippen molar-refractivity contribution < 1.29 is 39.2 Å². The number of phenols is 1. The Kier molecular flexibility index (Phi) is 6.16. The van der Waals surface area contributed by atoms with Gasteiger partial charge in [0.1, 0.15) is 28.7 Å². The van der Waals surface area contributed by atoms with Crippen molar-refractivity contribution in [3.8, 4) is 5.75 Å². The highest BCUT2D eigenvalue weighted by Gasteiger charge is 2.63. The molecule has 0 saturated carbocycles. The van der Waals surface area contributed by atoms with Crippen LogP contribution in [0.3, 0.4) is 0 Å². The first-order valence-corrected chi connectivity index (χ1v) is 11.9. The number of nitrogens with zero attached hydrogens (tertiary/aromatic N) is 1. The van der Waals surface area contributed by atoms with Crippen LogP contribution in [0.15, 0.2) is 28.7 Å². The summed E-state index contributed by atoms with van der Waals surface area (Å²) in [6, 6.07) is 0.00843. The Balaban J connectivity index is 1.90. The van der Waals surface area contributed by atoms with Crippen molar-refractivity contribution in [3.63, 3.8) is 0 Å². The summed E-state index contributed by atoms with van der Waals surface area (Å²) in [6.07, 6.45) is -0.205. The van der Waals surface area contributed by atoms with E-state index in [1.54, 1.807) is 0 Å². The van der Waals surface area contributed by atoms with Gasteiger partial charge in [-0.25, -0.2) is 4.39 Å². The normalized spacial score (nSPS) is 27.7. The van der Waals surface area contributed by atoms with E-state index in [-0.39, 0.29) is 40.6 Å². The fraction of sp³-hybridized carbons (Fsp3) is 0.500. The third kappa shape index (κ3) is 3.88. The molecule has 0 unspecified atom stereocenters. The van der Waals surface area contributed by atoms with Crippen LogP contribution in [0.25, 0.3) is 0 Å². The number of hydrogen-bond acceptors (Lipinski definition) is 9. The molecular formula is C26H32FN3O7. The summed E-state index contributed by atoms with van der Waals surface area (Å²) in [7, 11) is 3.08. The second-order valence-corrected chi connectivity index (χ2v) is 11.5. The van der Waals surface area contributed by atoms with E-state index >= 15 is 4.39 Å². The molecule has 1 aromatic carbocycles. The van der Waals surface area contributed by atoms with Crippen LogP contribution in [0.4, 0.5) is 10.1 Å². The highest BCUT2D eigenvalue weighted by Crippen LogP contribution is 2.53. The molecule has 0 bridgehead atoms. The first kappa shape index (κ1) is 26.6. The van der Waals surface area contributed by atoms with E-state index < -0.39 is 69.6 Å². The van der Waals surface area contributed by atoms with Crippen molar-refractivity contribution >= 4 is 23.2 Å². The van der Waals surface area contributed by atoms with Crippen LogP contribution < -0.4 is 11.1 Å². The highest BCUT2D eigenvalue weighted by atomic mass is 19.1. The van der Waals surface area contributed by atoms with Crippen molar-refractivity contribution in [1.82, 2.24) is 4.90 Å². The number of likely N-dealkylation sites (N-methyl/N-ethyl adjacent to an activating group) is 1. The molecule has 7 N–H and O–H groups in total. The number of rotatable bonds is 4. The van der Waals surface area contributed by atoms with Crippen molar-refractivity contribution in [2.24, 2.45) is 23.0 Å². The summed E-state index contributed by atoms with van der Waals surface area (Å²) in [6.45, 7) is 6.14. The van der Waals surface area contributed by atoms with Crippen LogP contribution >= 0.6 is 0 Å². The lowest BCUT2D eigenvalue weighted by Crippen LogP contribution is -2.63. The van der Waals surface area contributed by atoms with E-state index in [4.69, 9.17) is 5.73 Å². The molecule has 4 atom stereocenters. The fourth-order valence-electron chi connectivity index (χ4n) is 5.77. The van der Waals surface area contributed by atoms with Crippen LogP contribution in [-0.4, -0.2) is 75.1 Å². The summed E-state index contributed by atoms with van der Waals surface area (Å²) < 4.78 is 15.2. The van der Waals surface area contributed by atoms with Crippen molar-refractivity contribution in [2.45, 2.75) is 45.3 Å². The molecule has 1 aromatic rings. The van der Waals surface area contributed by atoms with Gasteiger partial charge in [-0.1, -0.05) is 20.8 Å². The van der Waals surface area contributed by atoms with Crippen LogP contribution in [0.2, 0.25) is 0 Å². The molecular weight excluding hydrogens is 485 g/mol. The predicted octanol–water partition coefficient (Wildman–Crippen LogP) is 1.72. The summed E-state index contributed by atoms with van der Waals surface area (Å²) in [5, 5.41) is 47.5. The zero-order valence-corrected chi connectivity index (χ0v) is 21.3. The molecule has 11 heteroatoms. The minimum absolute atomic E-state index is 0.00394. The Morgan fingerprint density at radius 3 is 2.41 bits per heavy atom. The average molecular weight is 518 g/mol. The lowest BCUT2D eigenvalue weighted by Gasteiger charge is -2.50. The molecule has 10 nitrogen and oxygen atoms in total. The molecule has 0 saturated heterocycles. The van der Waals surface area contributed by atoms with Crippen LogP contribution in [0.5, 0.6) is 5.75 Å². The van der Waals surface area contributed by atoms with Gasteiger partial charge in [-0.3, -0.25) is 19.3 Å². The standard InChI is InChI=1S/C26H32FN3O7/c1-25(2,3)9-29-14-8-13(27)11-6-10-7-12-18(30(4)5)21(33)17(24(28)36)23(35)26(12,37)22(34)15(10)20(32)16(11)19(14)31/h8,10,12,18,29,31,33-34,37H,6-7,9H2,1-5H3,(H2,28,36)/t10-,12-,18-,26-/m0/s1. The number of carbonyl (C=O) groups excluding carboxylic acids is 3. The second kappa shape index (κ2) is 8.56. The molecule has 0 spiro atoms. The first-order valence-electron chi connectivity index (χ1n) is 11.9. The van der Waals surface area contributed by atoms with Gasteiger partial charge in [-0.05, 0) is 38.3 Å². The number of aliphatic hydroxyl groups excluding tert-OH is 2. The summed E-state index contributed by atoms with van der Waals surface area (Å²) in [5.41, 5.74) is 0.737. The molecule has 3 aliphatic rings. The van der Waals surface area contributed by atoms with E-state index in [2.05, 4.69) is 5.32 Å². The molecule has 4 rings (SSSR count). The largest absolute Gasteiger partial charge is 0.510 e. The number of carbonyl (C=O) groups is 3. The van der Waals surface area contributed by atoms with Crippen molar-refractivity contribution in [3.05, 3.63) is 45.7 Å². The number of benzene rings is 1. The SMILES string of the molecule is CN(C)[C@@H]1C(O)=C(C(N)=O)C(=O)[C@@]2(O)C(O)=C3C(=O)c4c(O)c(NCC(C)(C)C)cc(F)c4C[C@H]3C[C@@H]12.